The summed E-state index contributed by atoms with van der Waals surface area (Å²) in [5.74, 6) is -1.38. The molecule has 1 N–H and O–H groups in total. The summed E-state index contributed by atoms with van der Waals surface area (Å²) in [5, 5.41) is 9.17. The summed E-state index contributed by atoms with van der Waals surface area (Å²) >= 11 is 0. The number of sulfonamides is 1. The minimum absolute atomic E-state index is 0.164. The first kappa shape index (κ1) is 16.9. The number of likely N-dealkylation sites (tertiary alicyclic amines) is 1. The van der Waals surface area contributed by atoms with Crippen LogP contribution in [-0.4, -0.2) is 60.3 Å². The van der Waals surface area contributed by atoms with E-state index in [4.69, 9.17) is 0 Å². The number of carboxylic acid groups (broad SMARTS) is 1. The van der Waals surface area contributed by atoms with Gasteiger partial charge in [0.05, 0.1) is 4.90 Å². The van der Waals surface area contributed by atoms with Gasteiger partial charge in [-0.15, -0.1) is 0 Å². The maximum absolute atomic E-state index is 12.5. The van der Waals surface area contributed by atoms with Crippen molar-refractivity contribution in [2.24, 2.45) is 0 Å². The molecule has 0 bridgehead atoms. The molecule has 2 aliphatic heterocycles. The number of hydrogen-bond acceptors (Lipinski definition) is 4. The highest BCUT2D eigenvalue weighted by atomic mass is 32.2. The molecule has 0 aromatic heterocycles. The van der Waals surface area contributed by atoms with Crippen LogP contribution in [0.5, 0.6) is 0 Å². The molecule has 0 unspecified atom stereocenters. The molecule has 2 fully saturated rings. The summed E-state index contributed by atoms with van der Waals surface area (Å²) in [5.41, 5.74) is 0.309. The van der Waals surface area contributed by atoms with Gasteiger partial charge in [0.2, 0.25) is 10.0 Å². The number of aliphatic carboxylic acids is 1. The van der Waals surface area contributed by atoms with Crippen molar-refractivity contribution in [1.29, 1.82) is 0 Å². The zero-order chi connectivity index (χ0) is 17.3. The van der Waals surface area contributed by atoms with Crippen LogP contribution in [0.2, 0.25) is 0 Å². The van der Waals surface area contributed by atoms with Crippen molar-refractivity contribution in [2.45, 2.75) is 36.6 Å². The fourth-order valence-electron chi connectivity index (χ4n) is 3.28. The highest BCUT2D eigenvalue weighted by Crippen LogP contribution is 2.23. The number of benzene rings is 1. The van der Waals surface area contributed by atoms with Crippen LogP contribution in [0.3, 0.4) is 0 Å². The van der Waals surface area contributed by atoms with Gasteiger partial charge in [0.15, 0.2) is 0 Å². The maximum Gasteiger partial charge on any atom is 0.326 e. The van der Waals surface area contributed by atoms with E-state index in [-0.39, 0.29) is 10.8 Å². The summed E-state index contributed by atoms with van der Waals surface area (Å²) in [6.45, 7) is 1.46. The van der Waals surface area contributed by atoms with Gasteiger partial charge in [-0.3, -0.25) is 4.79 Å². The SMILES string of the molecule is O=C(O)[C@H]1CCCN1C(=O)c1ccc(S(=O)(=O)N2CCCC2)cc1. The summed E-state index contributed by atoms with van der Waals surface area (Å²) in [7, 11) is -3.51. The monoisotopic (exact) mass is 352 g/mol. The van der Waals surface area contributed by atoms with Crippen LogP contribution >= 0.6 is 0 Å². The lowest BCUT2D eigenvalue weighted by atomic mass is 10.1. The van der Waals surface area contributed by atoms with E-state index in [1.807, 2.05) is 0 Å². The van der Waals surface area contributed by atoms with Crippen LogP contribution in [0.1, 0.15) is 36.0 Å². The first-order chi connectivity index (χ1) is 11.4. The molecule has 0 radical (unpaired) electrons. The fraction of sp³-hybridized carbons (Fsp3) is 0.500. The van der Waals surface area contributed by atoms with Crippen molar-refractivity contribution >= 4 is 21.9 Å². The molecule has 0 saturated carbocycles. The van der Waals surface area contributed by atoms with Gasteiger partial charge in [0, 0.05) is 25.2 Å². The lowest BCUT2D eigenvalue weighted by Gasteiger charge is -2.21. The minimum Gasteiger partial charge on any atom is -0.480 e. The number of carbonyl (C=O) groups is 2. The van der Waals surface area contributed by atoms with Crippen LogP contribution in [0.4, 0.5) is 0 Å². The van der Waals surface area contributed by atoms with E-state index in [1.54, 1.807) is 0 Å². The number of nitrogens with zero attached hydrogens (tertiary/aromatic N) is 2. The van der Waals surface area contributed by atoms with Crippen molar-refractivity contribution in [1.82, 2.24) is 9.21 Å². The third-order valence-electron chi connectivity index (χ3n) is 4.60. The molecule has 0 aliphatic carbocycles. The number of rotatable bonds is 4. The van der Waals surface area contributed by atoms with Crippen molar-refractivity contribution in [2.75, 3.05) is 19.6 Å². The van der Waals surface area contributed by atoms with Crippen molar-refractivity contribution in [3.63, 3.8) is 0 Å². The van der Waals surface area contributed by atoms with E-state index in [1.165, 1.54) is 33.5 Å². The van der Waals surface area contributed by atoms with Crippen molar-refractivity contribution in [3.8, 4) is 0 Å². The lowest BCUT2D eigenvalue weighted by Crippen LogP contribution is -2.40. The second kappa shape index (κ2) is 6.52. The molecule has 2 heterocycles. The Morgan fingerprint density at radius 2 is 1.62 bits per heavy atom. The predicted octanol–water partition coefficient (Wildman–Crippen LogP) is 1.16. The second-order valence-electron chi connectivity index (χ2n) is 6.13. The molecule has 24 heavy (non-hydrogen) atoms. The fourth-order valence-corrected chi connectivity index (χ4v) is 4.80. The Morgan fingerprint density at radius 3 is 2.21 bits per heavy atom. The number of carboxylic acids is 1. The normalized spacial score (nSPS) is 22.0. The topological polar surface area (TPSA) is 95.0 Å². The van der Waals surface area contributed by atoms with E-state index in [9.17, 15) is 23.1 Å². The van der Waals surface area contributed by atoms with Gasteiger partial charge in [0.25, 0.3) is 5.91 Å². The van der Waals surface area contributed by atoms with Crippen molar-refractivity contribution < 1.29 is 23.1 Å². The minimum atomic E-state index is -3.51. The number of amides is 1. The molecule has 0 spiro atoms. The first-order valence-corrected chi connectivity index (χ1v) is 9.49. The maximum atomic E-state index is 12.5. The Labute approximate surface area is 140 Å². The summed E-state index contributed by atoms with van der Waals surface area (Å²) in [4.78, 5) is 25.2. The highest BCUT2D eigenvalue weighted by Gasteiger charge is 2.34. The molecule has 2 aliphatic rings. The lowest BCUT2D eigenvalue weighted by molar-refractivity contribution is -0.141. The summed E-state index contributed by atoms with van der Waals surface area (Å²) in [6, 6.07) is 4.97. The van der Waals surface area contributed by atoms with Crippen LogP contribution in [0.25, 0.3) is 0 Å². The number of hydrogen-bond donors (Lipinski definition) is 1. The van der Waals surface area contributed by atoms with Crippen LogP contribution in [0, 0.1) is 0 Å². The molecule has 8 heteroatoms. The third kappa shape index (κ3) is 3.03. The zero-order valence-electron chi connectivity index (χ0n) is 13.2. The van der Waals surface area contributed by atoms with Crippen LogP contribution in [0.15, 0.2) is 29.2 Å². The van der Waals surface area contributed by atoms with E-state index >= 15 is 0 Å². The second-order valence-corrected chi connectivity index (χ2v) is 8.07. The van der Waals surface area contributed by atoms with Gasteiger partial charge in [-0.2, -0.15) is 4.31 Å². The van der Waals surface area contributed by atoms with E-state index in [0.29, 0.717) is 38.0 Å². The Hall–Kier alpha value is -1.93. The Bertz CT molecular complexity index is 738. The summed E-state index contributed by atoms with van der Waals surface area (Å²) in [6.07, 6.45) is 2.83. The smallest absolute Gasteiger partial charge is 0.326 e. The van der Waals surface area contributed by atoms with Gasteiger partial charge in [0.1, 0.15) is 6.04 Å². The van der Waals surface area contributed by atoms with Gasteiger partial charge in [-0.25, -0.2) is 13.2 Å². The molecular weight excluding hydrogens is 332 g/mol. The van der Waals surface area contributed by atoms with Gasteiger partial charge in [-0.1, -0.05) is 0 Å². The van der Waals surface area contributed by atoms with Crippen LogP contribution in [-0.2, 0) is 14.8 Å². The molecule has 7 nitrogen and oxygen atoms in total. The zero-order valence-corrected chi connectivity index (χ0v) is 14.0. The van der Waals surface area contributed by atoms with Gasteiger partial charge >= 0.3 is 5.97 Å². The van der Waals surface area contributed by atoms with E-state index < -0.39 is 22.0 Å². The van der Waals surface area contributed by atoms with Gasteiger partial charge in [-0.05, 0) is 49.9 Å². The largest absolute Gasteiger partial charge is 0.480 e. The highest BCUT2D eigenvalue weighted by molar-refractivity contribution is 7.89. The molecule has 1 aromatic carbocycles. The Morgan fingerprint density at radius 1 is 1.00 bits per heavy atom. The molecule has 130 valence electrons. The third-order valence-corrected chi connectivity index (χ3v) is 6.52. The summed E-state index contributed by atoms with van der Waals surface area (Å²) < 4.78 is 26.4. The number of carbonyl (C=O) groups excluding carboxylic acids is 1. The molecule has 1 atom stereocenters. The Kier molecular flexibility index (Phi) is 4.60. The van der Waals surface area contributed by atoms with Crippen LogP contribution < -0.4 is 0 Å². The Balaban J connectivity index is 1.79. The average Bonchev–Trinajstić information content (AvgIpc) is 3.25. The molecule has 2 saturated heterocycles. The van der Waals surface area contributed by atoms with E-state index in [0.717, 1.165) is 12.8 Å². The average molecular weight is 352 g/mol. The standard InChI is InChI=1S/C16H20N2O5S/c19-15(18-11-3-4-14(18)16(20)21)12-5-7-13(8-6-12)24(22,23)17-9-1-2-10-17/h5-8,14H,1-4,9-11H2,(H,20,21)/t14-/m1/s1. The molecule has 1 amide bonds. The first-order valence-electron chi connectivity index (χ1n) is 8.05. The van der Waals surface area contributed by atoms with Crippen molar-refractivity contribution in [3.05, 3.63) is 29.8 Å². The predicted molar refractivity (Wildman–Crippen MR) is 86.1 cm³/mol. The van der Waals surface area contributed by atoms with Gasteiger partial charge < -0.3 is 10.0 Å². The molecular formula is C16H20N2O5S. The molecule has 3 rings (SSSR count). The quantitative estimate of drug-likeness (QED) is 0.877. The molecule has 1 aromatic rings. The van der Waals surface area contributed by atoms with E-state index in [2.05, 4.69) is 0 Å².